The van der Waals surface area contributed by atoms with Crippen LogP contribution in [0.2, 0.25) is 0 Å². The molecule has 2 aliphatic heterocycles. The van der Waals surface area contributed by atoms with Gasteiger partial charge in [0, 0.05) is 38.4 Å². The van der Waals surface area contributed by atoms with E-state index in [1.807, 2.05) is 36.4 Å². The number of fused-ring (bicyclic) bond motifs is 6. The highest BCUT2D eigenvalue weighted by atomic mass is 15.0. The van der Waals surface area contributed by atoms with Gasteiger partial charge in [-0.1, -0.05) is 140 Å². The molecule has 3 aliphatic rings. The summed E-state index contributed by atoms with van der Waals surface area (Å²) in [6.07, 6.45) is 0. The lowest BCUT2D eigenvalue weighted by Gasteiger charge is -2.28. The maximum Gasteiger partial charge on any atom is 0.164 e. The number of hydrogen-bond acceptors (Lipinski definition) is 3. The van der Waals surface area contributed by atoms with Gasteiger partial charge in [0.15, 0.2) is 17.5 Å². The fourth-order valence-corrected chi connectivity index (χ4v) is 8.54. The van der Waals surface area contributed by atoms with Crippen molar-refractivity contribution < 1.29 is 0 Å². The fraction of sp³-hybridized carbons (Fsp3) is 0.0426. The van der Waals surface area contributed by atoms with Crippen LogP contribution in [0.3, 0.4) is 0 Å². The number of nitrogens with zero attached hydrogens (tertiary/aromatic N) is 4. The highest BCUT2D eigenvalue weighted by Crippen LogP contribution is 2.55. The quantitative estimate of drug-likeness (QED) is 0.191. The van der Waals surface area contributed by atoms with Crippen molar-refractivity contribution in [3.63, 3.8) is 0 Å². The van der Waals surface area contributed by atoms with Gasteiger partial charge in [0.1, 0.15) is 0 Å². The Labute approximate surface area is 295 Å². The zero-order valence-electron chi connectivity index (χ0n) is 27.9. The molecule has 9 aromatic rings. The minimum atomic E-state index is -0.284. The van der Waals surface area contributed by atoms with Gasteiger partial charge < -0.3 is 4.57 Å². The summed E-state index contributed by atoms with van der Waals surface area (Å²) in [5, 5.41) is 2.49. The Hall–Kier alpha value is -6.65. The predicted octanol–water partition coefficient (Wildman–Crippen LogP) is 11.3. The summed E-state index contributed by atoms with van der Waals surface area (Å²) in [4.78, 5) is 15.2. The van der Waals surface area contributed by atoms with E-state index >= 15 is 0 Å². The Morgan fingerprint density at radius 2 is 1.02 bits per heavy atom. The topological polar surface area (TPSA) is 43.6 Å². The Morgan fingerprint density at radius 1 is 0.412 bits per heavy atom. The molecule has 4 nitrogen and oxygen atoms in total. The summed E-state index contributed by atoms with van der Waals surface area (Å²) in [6, 6.07) is 58.9. The van der Waals surface area contributed by atoms with Crippen LogP contribution >= 0.6 is 0 Å². The van der Waals surface area contributed by atoms with E-state index < -0.39 is 0 Å². The second-order valence-electron chi connectivity index (χ2n) is 13.8. The number of benzene rings is 7. The summed E-state index contributed by atoms with van der Waals surface area (Å²) in [5.74, 6) is 1.94. The third kappa shape index (κ3) is 3.99. The molecule has 4 heterocycles. The van der Waals surface area contributed by atoms with E-state index in [9.17, 15) is 0 Å². The van der Waals surface area contributed by atoms with Crippen LogP contribution in [0.4, 0.5) is 0 Å². The maximum atomic E-state index is 5.10. The van der Waals surface area contributed by atoms with Gasteiger partial charge in [0.05, 0.1) is 16.7 Å². The molecule has 4 bridgehead atoms. The smallest absolute Gasteiger partial charge is 0.164 e. The first-order chi connectivity index (χ1) is 25.1. The SMILES string of the molecule is CC12c3ccc(cc3)-c3ccc(-c4nc(-c5ccccc5)nc(-c5ccccc5)n4)cc3-n3c4ccccc4c4cc(c1cc43)-c1ccccc12. The third-order valence-electron chi connectivity index (χ3n) is 11.1. The zero-order valence-corrected chi connectivity index (χ0v) is 27.9. The molecule has 0 saturated heterocycles. The molecule has 1 aliphatic carbocycles. The van der Waals surface area contributed by atoms with Crippen LogP contribution in [0.25, 0.3) is 83.9 Å². The molecule has 0 N–H and O–H groups in total. The minimum absolute atomic E-state index is 0.284. The summed E-state index contributed by atoms with van der Waals surface area (Å²) in [7, 11) is 0. The normalized spacial score (nSPS) is 15.2. The van der Waals surface area contributed by atoms with Crippen LogP contribution in [0, 0.1) is 0 Å². The summed E-state index contributed by atoms with van der Waals surface area (Å²) >= 11 is 0. The van der Waals surface area contributed by atoms with Crippen LogP contribution in [-0.2, 0) is 5.41 Å². The van der Waals surface area contributed by atoms with Crippen molar-refractivity contribution in [2.75, 3.05) is 0 Å². The van der Waals surface area contributed by atoms with Gasteiger partial charge in [-0.25, -0.2) is 15.0 Å². The lowest BCUT2D eigenvalue weighted by atomic mass is 9.74. The summed E-state index contributed by atoms with van der Waals surface area (Å²) < 4.78 is 2.46. The average molecular weight is 651 g/mol. The van der Waals surface area contributed by atoms with Crippen molar-refractivity contribution >= 4 is 21.8 Å². The number of para-hydroxylation sites is 1. The standard InChI is InChI=1S/C47H30N4/c1-47-33-23-20-29(21-24-33)34-25-22-32(46-49-44(30-12-4-2-5-13-30)48-45(50-46)31-14-6-3-7-15-31)26-42(34)51-41-19-11-9-17-36(41)38-27-37(40(47)28-43(38)51)35-16-8-10-18-39(35)47/h2-28H,1H3. The molecule has 4 heteroatoms. The molecular weight excluding hydrogens is 621 g/mol. The summed E-state index contributed by atoms with van der Waals surface area (Å²) in [5.41, 5.74) is 15.0. The highest BCUT2D eigenvalue weighted by molar-refractivity contribution is 6.12. The van der Waals surface area contributed by atoms with Gasteiger partial charge >= 0.3 is 0 Å². The number of hydrogen-bond donors (Lipinski definition) is 0. The van der Waals surface area contributed by atoms with Crippen LogP contribution < -0.4 is 0 Å². The first-order valence-electron chi connectivity index (χ1n) is 17.5. The van der Waals surface area contributed by atoms with Crippen molar-refractivity contribution in [3.05, 3.63) is 180 Å². The lowest BCUT2D eigenvalue weighted by molar-refractivity contribution is 0.715. The van der Waals surface area contributed by atoms with E-state index in [-0.39, 0.29) is 5.41 Å². The van der Waals surface area contributed by atoms with Crippen molar-refractivity contribution in [3.8, 4) is 62.1 Å². The van der Waals surface area contributed by atoms with Gasteiger partial charge in [-0.2, -0.15) is 0 Å². The molecule has 2 aromatic heterocycles. The van der Waals surface area contributed by atoms with E-state index in [1.165, 1.54) is 55.2 Å². The van der Waals surface area contributed by atoms with Crippen LogP contribution in [0.15, 0.2) is 164 Å². The molecule has 0 spiro atoms. The minimum Gasteiger partial charge on any atom is -0.309 e. The summed E-state index contributed by atoms with van der Waals surface area (Å²) in [6.45, 7) is 2.39. The lowest BCUT2D eigenvalue weighted by Crippen LogP contribution is -2.22. The second-order valence-corrected chi connectivity index (χ2v) is 13.8. The van der Waals surface area contributed by atoms with E-state index in [0.29, 0.717) is 17.5 Å². The zero-order chi connectivity index (χ0) is 33.7. The van der Waals surface area contributed by atoms with Crippen molar-refractivity contribution in [2.24, 2.45) is 0 Å². The molecule has 12 rings (SSSR count). The molecule has 51 heavy (non-hydrogen) atoms. The Kier molecular flexibility index (Phi) is 5.77. The van der Waals surface area contributed by atoms with E-state index in [0.717, 1.165) is 27.9 Å². The van der Waals surface area contributed by atoms with Crippen LogP contribution in [0.5, 0.6) is 0 Å². The third-order valence-corrected chi connectivity index (χ3v) is 11.1. The van der Waals surface area contributed by atoms with Gasteiger partial charge in [0.2, 0.25) is 0 Å². The van der Waals surface area contributed by atoms with E-state index in [1.54, 1.807) is 0 Å². The maximum absolute atomic E-state index is 5.10. The van der Waals surface area contributed by atoms with Gasteiger partial charge in [0.25, 0.3) is 0 Å². The molecular formula is C47H30N4. The monoisotopic (exact) mass is 650 g/mol. The first-order valence-corrected chi connectivity index (χ1v) is 17.5. The Morgan fingerprint density at radius 3 is 1.75 bits per heavy atom. The molecule has 238 valence electrons. The van der Waals surface area contributed by atoms with Crippen LogP contribution in [0.1, 0.15) is 23.6 Å². The van der Waals surface area contributed by atoms with Gasteiger partial charge in [-0.15, -0.1) is 0 Å². The molecule has 0 radical (unpaired) electrons. The van der Waals surface area contributed by atoms with E-state index in [2.05, 4.69) is 139 Å². The fourth-order valence-electron chi connectivity index (χ4n) is 8.54. The number of aromatic nitrogens is 4. The molecule has 1 unspecified atom stereocenters. The molecule has 0 saturated carbocycles. The first kappa shape index (κ1) is 28.2. The number of rotatable bonds is 3. The Bertz CT molecular complexity index is 2800. The van der Waals surface area contributed by atoms with Crippen LogP contribution in [-0.4, -0.2) is 19.5 Å². The largest absolute Gasteiger partial charge is 0.309 e. The molecule has 0 fully saturated rings. The average Bonchev–Trinajstić information content (AvgIpc) is 3.66. The predicted molar refractivity (Wildman–Crippen MR) is 207 cm³/mol. The van der Waals surface area contributed by atoms with Gasteiger partial charge in [-0.3, -0.25) is 0 Å². The molecule has 0 amide bonds. The van der Waals surface area contributed by atoms with Crippen molar-refractivity contribution in [1.29, 1.82) is 0 Å². The van der Waals surface area contributed by atoms with Crippen molar-refractivity contribution in [1.82, 2.24) is 19.5 Å². The molecule has 1 atom stereocenters. The van der Waals surface area contributed by atoms with Gasteiger partial charge in [-0.05, 0) is 64.6 Å². The highest BCUT2D eigenvalue weighted by Gasteiger charge is 2.41. The van der Waals surface area contributed by atoms with E-state index in [4.69, 9.17) is 15.0 Å². The second kappa shape index (κ2) is 10.4. The molecule has 7 aromatic carbocycles. The Balaban J connectivity index is 1.23. The van der Waals surface area contributed by atoms with Crippen molar-refractivity contribution in [2.45, 2.75) is 12.3 Å².